The minimum Gasteiger partial charge on any atom is -0.339 e. The van der Waals surface area contributed by atoms with Gasteiger partial charge in [-0.3, -0.25) is 14.5 Å². The van der Waals surface area contributed by atoms with E-state index in [0.29, 0.717) is 11.3 Å². The summed E-state index contributed by atoms with van der Waals surface area (Å²) in [6.07, 6.45) is 2.11. The second-order valence-corrected chi connectivity index (χ2v) is 5.64. The molecule has 1 aromatic heterocycles. The standard InChI is InChI=1S/C16H15N3O2S/c1-19(11-17)16(21)13(10-12-6-3-2-4-7-12)18-15(20)14-8-5-9-22-14/h2-9,13H,10H2,1H3,(H,18,20). The molecule has 2 rings (SSSR count). The maximum absolute atomic E-state index is 12.3. The summed E-state index contributed by atoms with van der Waals surface area (Å²) in [7, 11) is 1.39. The van der Waals surface area contributed by atoms with Gasteiger partial charge in [-0.15, -0.1) is 11.3 Å². The van der Waals surface area contributed by atoms with Gasteiger partial charge in [0.15, 0.2) is 6.19 Å². The van der Waals surface area contributed by atoms with Gasteiger partial charge in [0.05, 0.1) is 4.88 Å². The Bertz CT molecular complexity index is 677. The van der Waals surface area contributed by atoms with E-state index >= 15 is 0 Å². The number of nitrogens with zero attached hydrogens (tertiary/aromatic N) is 2. The zero-order chi connectivity index (χ0) is 15.9. The van der Waals surface area contributed by atoms with Crippen LogP contribution in [0.2, 0.25) is 0 Å². The van der Waals surface area contributed by atoms with Crippen LogP contribution in [0.15, 0.2) is 47.8 Å². The Labute approximate surface area is 132 Å². The highest BCUT2D eigenvalue weighted by Crippen LogP contribution is 2.10. The Kier molecular flexibility index (Phi) is 5.28. The molecule has 112 valence electrons. The first-order chi connectivity index (χ1) is 10.6. The minimum absolute atomic E-state index is 0.310. The van der Waals surface area contributed by atoms with Crippen molar-refractivity contribution in [3.63, 3.8) is 0 Å². The zero-order valence-electron chi connectivity index (χ0n) is 12.0. The summed E-state index contributed by atoms with van der Waals surface area (Å²) >= 11 is 1.30. The highest BCUT2D eigenvalue weighted by Gasteiger charge is 2.25. The molecule has 0 spiro atoms. The van der Waals surface area contributed by atoms with E-state index < -0.39 is 11.9 Å². The van der Waals surface area contributed by atoms with Gasteiger partial charge in [-0.05, 0) is 17.0 Å². The van der Waals surface area contributed by atoms with Crippen molar-refractivity contribution in [2.75, 3.05) is 7.05 Å². The van der Waals surface area contributed by atoms with Crippen LogP contribution in [0.3, 0.4) is 0 Å². The number of nitrogens with one attached hydrogen (secondary N) is 1. The van der Waals surface area contributed by atoms with Crippen molar-refractivity contribution in [3.8, 4) is 6.19 Å². The van der Waals surface area contributed by atoms with Crippen molar-refractivity contribution >= 4 is 23.2 Å². The van der Waals surface area contributed by atoms with Crippen molar-refractivity contribution in [3.05, 3.63) is 58.3 Å². The van der Waals surface area contributed by atoms with E-state index in [0.717, 1.165) is 10.5 Å². The van der Waals surface area contributed by atoms with Crippen molar-refractivity contribution < 1.29 is 9.59 Å². The van der Waals surface area contributed by atoms with Crippen LogP contribution in [-0.2, 0) is 11.2 Å². The third kappa shape index (κ3) is 3.93. The average Bonchev–Trinajstić information content (AvgIpc) is 3.08. The van der Waals surface area contributed by atoms with E-state index in [1.807, 2.05) is 30.3 Å². The molecule has 0 aliphatic heterocycles. The molecule has 0 aliphatic rings. The van der Waals surface area contributed by atoms with E-state index in [4.69, 9.17) is 5.26 Å². The smallest absolute Gasteiger partial charge is 0.262 e. The van der Waals surface area contributed by atoms with Gasteiger partial charge in [-0.1, -0.05) is 36.4 Å². The molecule has 0 saturated carbocycles. The zero-order valence-corrected chi connectivity index (χ0v) is 12.8. The van der Waals surface area contributed by atoms with Crippen LogP contribution in [0.1, 0.15) is 15.2 Å². The maximum atomic E-state index is 12.3. The van der Waals surface area contributed by atoms with Crippen molar-refractivity contribution in [1.29, 1.82) is 5.26 Å². The Hall–Kier alpha value is -2.65. The molecule has 1 unspecified atom stereocenters. The van der Waals surface area contributed by atoms with E-state index in [-0.39, 0.29) is 5.91 Å². The van der Waals surface area contributed by atoms with Crippen LogP contribution in [0.25, 0.3) is 0 Å². The summed E-state index contributed by atoms with van der Waals surface area (Å²) in [5, 5.41) is 13.4. The number of amides is 2. The minimum atomic E-state index is -0.776. The topological polar surface area (TPSA) is 73.2 Å². The molecule has 0 bridgehead atoms. The highest BCUT2D eigenvalue weighted by atomic mass is 32.1. The van der Waals surface area contributed by atoms with Crippen molar-refractivity contribution in [1.82, 2.24) is 10.2 Å². The van der Waals surface area contributed by atoms with Gasteiger partial charge in [0.25, 0.3) is 11.8 Å². The molecule has 2 amide bonds. The van der Waals surface area contributed by atoms with Gasteiger partial charge in [0.1, 0.15) is 6.04 Å². The molecule has 22 heavy (non-hydrogen) atoms. The Morgan fingerprint density at radius 1 is 1.27 bits per heavy atom. The fraction of sp³-hybridized carbons (Fsp3) is 0.188. The number of carbonyl (C=O) groups excluding carboxylic acids is 2. The maximum Gasteiger partial charge on any atom is 0.262 e. The Morgan fingerprint density at radius 3 is 2.59 bits per heavy atom. The van der Waals surface area contributed by atoms with Gasteiger partial charge in [0, 0.05) is 13.5 Å². The van der Waals surface area contributed by atoms with Crippen LogP contribution in [0, 0.1) is 11.5 Å². The number of likely N-dealkylation sites (N-methyl/N-ethyl adjacent to an activating group) is 1. The molecule has 0 saturated heterocycles. The predicted molar refractivity (Wildman–Crippen MR) is 84.1 cm³/mol. The number of carbonyl (C=O) groups is 2. The van der Waals surface area contributed by atoms with Crippen LogP contribution < -0.4 is 5.32 Å². The number of benzene rings is 1. The van der Waals surface area contributed by atoms with Crippen LogP contribution >= 0.6 is 11.3 Å². The first-order valence-corrected chi connectivity index (χ1v) is 7.55. The molecule has 2 aromatic rings. The summed E-state index contributed by atoms with van der Waals surface area (Å²) < 4.78 is 0. The molecule has 5 nitrogen and oxygen atoms in total. The first-order valence-electron chi connectivity index (χ1n) is 6.67. The van der Waals surface area contributed by atoms with E-state index in [2.05, 4.69) is 5.32 Å². The summed E-state index contributed by atoms with van der Waals surface area (Å²) in [6.45, 7) is 0. The SMILES string of the molecule is CN(C#N)C(=O)C(Cc1ccccc1)NC(=O)c1cccs1. The largest absolute Gasteiger partial charge is 0.339 e. The van der Waals surface area contributed by atoms with Gasteiger partial charge in [-0.25, -0.2) is 0 Å². The predicted octanol–water partition coefficient (Wildman–Crippen LogP) is 2.03. The lowest BCUT2D eigenvalue weighted by Crippen LogP contribution is -2.47. The molecule has 0 radical (unpaired) electrons. The number of nitriles is 1. The first kappa shape index (κ1) is 15.7. The third-order valence-corrected chi connectivity index (χ3v) is 3.98. The fourth-order valence-corrected chi connectivity index (χ4v) is 2.60. The van der Waals surface area contributed by atoms with E-state index in [9.17, 15) is 9.59 Å². The monoisotopic (exact) mass is 313 g/mol. The molecule has 0 fully saturated rings. The lowest BCUT2D eigenvalue weighted by atomic mass is 10.0. The number of hydrogen-bond donors (Lipinski definition) is 1. The average molecular weight is 313 g/mol. The molecule has 0 aliphatic carbocycles. The molecule has 6 heteroatoms. The molecule has 1 atom stereocenters. The number of rotatable bonds is 5. The van der Waals surface area contributed by atoms with Gasteiger partial charge in [0.2, 0.25) is 0 Å². The highest BCUT2D eigenvalue weighted by molar-refractivity contribution is 7.12. The summed E-state index contributed by atoms with van der Waals surface area (Å²) in [5.41, 5.74) is 0.915. The van der Waals surface area contributed by atoms with Crippen LogP contribution in [-0.4, -0.2) is 29.8 Å². The molecule has 1 heterocycles. The third-order valence-electron chi connectivity index (χ3n) is 3.11. The van der Waals surface area contributed by atoms with Crippen LogP contribution in [0.4, 0.5) is 0 Å². The number of thiophene rings is 1. The lowest BCUT2D eigenvalue weighted by molar-refractivity contribution is -0.129. The normalized spacial score (nSPS) is 11.3. The Balaban J connectivity index is 2.16. The van der Waals surface area contributed by atoms with Gasteiger partial charge in [-0.2, -0.15) is 5.26 Å². The summed E-state index contributed by atoms with van der Waals surface area (Å²) in [6, 6.07) is 12.1. The fourth-order valence-electron chi connectivity index (χ4n) is 1.97. The number of hydrogen-bond acceptors (Lipinski definition) is 4. The van der Waals surface area contributed by atoms with Gasteiger partial charge < -0.3 is 5.32 Å². The van der Waals surface area contributed by atoms with Crippen molar-refractivity contribution in [2.24, 2.45) is 0 Å². The summed E-state index contributed by atoms with van der Waals surface area (Å²) in [4.78, 5) is 25.9. The molecular weight excluding hydrogens is 298 g/mol. The van der Waals surface area contributed by atoms with Crippen LogP contribution in [0.5, 0.6) is 0 Å². The second kappa shape index (κ2) is 7.38. The quantitative estimate of drug-likeness (QED) is 0.678. The molecule has 1 N–H and O–H groups in total. The van der Waals surface area contributed by atoms with E-state index in [1.54, 1.807) is 23.7 Å². The molecular formula is C16H15N3O2S. The lowest BCUT2D eigenvalue weighted by Gasteiger charge is -2.20. The van der Waals surface area contributed by atoms with E-state index in [1.165, 1.54) is 18.4 Å². The van der Waals surface area contributed by atoms with Gasteiger partial charge >= 0.3 is 0 Å². The molecule has 1 aromatic carbocycles. The Morgan fingerprint density at radius 2 is 2.00 bits per heavy atom. The van der Waals surface area contributed by atoms with Crippen molar-refractivity contribution in [2.45, 2.75) is 12.5 Å². The second-order valence-electron chi connectivity index (χ2n) is 4.69. The summed E-state index contributed by atoms with van der Waals surface area (Å²) in [5.74, 6) is -0.744.